The Morgan fingerprint density at radius 3 is 2.26 bits per heavy atom. The van der Waals surface area contributed by atoms with Gasteiger partial charge >= 0.3 is 5.97 Å². The highest BCUT2D eigenvalue weighted by atomic mass is 32.1. The predicted octanol–water partition coefficient (Wildman–Crippen LogP) is 5.32. The number of carbonyl (C=O) groups excluding carboxylic acids is 1. The van der Waals surface area contributed by atoms with Crippen LogP contribution in [0.4, 0.5) is 0 Å². The number of fused-ring (bicyclic) bond motifs is 6. The van der Waals surface area contributed by atoms with E-state index in [0.29, 0.717) is 44.8 Å². The topological polar surface area (TPSA) is 144 Å². The number of aliphatic hydroxyl groups is 2. The van der Waals surface area contributed by atoms with Gasteiger partial charge in [-0.2, -0.15) is 0 Å². The number of thiophene rings is 2. The summed E-state index contributed by atoms with van der Waals surface area (Å²) in [5, 5.41) is 40.2. The van der Waals surface area contributed by atoms with Gasteiger partial charge in [-0.25, -0.2) is 4.79 Å². The van der Waals surface area contributed by atoms with E-state index in [4.69, 9.17) is 9.47 Å². The van der Waals surface area contributed by atoms with Crippen molar-refractivity contribution in [3.05, 3.63) is 85.0 Å². The lowest BCUT2D eigenvalue weighted by molar-refractivity contribution is -0.956. The first-order chi connectivity index (χ1) is 24.2. The summed E-state index contributed by atoms with van der Waals surface area (Å²) in [5.74, 6) is -0.584. The maximum atomic E-state index is 13.6. The van der Waals surface area contributed by atoms with E-state index in [1.54, 1.807) is 24.3 Å². The number of nitrogens with zero attached hydrogens (tertiary/aromatic N) is 1. The van der Waals surface area contributed by atoms with Crippen molar-refractivity contribution in [2.75, 3.05) is 26.7 Å². The molecule has 2 bridgehead atoms. The molecule has 0 radical (unpaired) electrons. The van der Waals surface area contributed by atoms with Gasteiger partial charge in [-0.05, 0) is 66.4 Å². The maximum Gasteiger partial charge on any atom is 0.349 e. The number of aromatic amines is 1. The van der Waals surface area contributed by atoms with Crippen LogP contribution in [0.2, 0.25) is 0 Å². The molecule has 5 atom stereocenters. The van der Waals surface area contributed by atoms with Crippen molar-refractivity contribution in [1.82, 2.24) is 10.3 Å². The minimum atomic E-state index is -1.77. The number of piperidine rings is 1. The van der Waals surface area contributed by atoms with E-state index < -0.39 is 17.7 Å². The fraction of sp³-hybridized carbons (Fsp3) is 0.526. The second-order valence-corrected chi connectivity index (χ2v) is 16.3. The van der Waals surface area contributed by atoms with E-state index >= 15 is 0 Å². The molecule has 3 aliphatic heterocycles. The van der Waals surface area contributed by atoms with E-state index in [1.165, 1.54) is 66.9 Å². The zero-order valence-corrected chi connectivity index (χ0v) is 30.1. The molecule has 6 heterocycles. The Kier molecular flexibility index (Phi) is 10.5. The van der Waals surface area contributed by atoms with Crippen LogP contribution in [-0.4, -0.2) is 87.8 Å². The molecule has 0 aliphatic carbocycles. The van der Waals surface area contributed by atoms with E-state index in [2.05, 4.69) is 17.3 Å². The van der Waals surface area contributed by atoms with Gasteiger partial charge in [0.15, 0.2) is 0 Å². The number of rotatable bonds is 17. The number of pyridine rings is 1. The van der Waals surface area contributed by atoms with Crippen LogP contribution in [0.5, 0.6) is 5.75 Å². The lowest BCUT2D eigenvalue weighted by Crippen LogP contribution is -2.63. The molecule has 3 aliphatic rings. The van der Waals surface area contributed by atoms with Gasteiger partial charge in [0.1, 0.15) is 36.1 Å². The molecule has 3 fully saturated rings. The number of esters is 1. The second-order valence-electron chi connectivity index (χ2n) is 14.4. The molecule has 0 amide bonds. The molecule has 1 aromatic carbocycles. The van der Waals surface area contributed by atoms with Crippen molar-refractivity contribution < 1.29 is 34.1 Å². The zero-order valence-electron chi connectivity index (χ0n) is 28.5. The van der Waals surface area contributed by atoms with E-state index in [-0.39, 0.29) is 29.6 Å². The van der Waals surface area contributed by atoms with Crippen LogP contribution in [0, 0.1) is 0 Å². The number of aromatic hydroxyl groups is 1. The molecule has 3 aromatic heterocycles. The number of benzene rings is 1. The van der Waals surface area contributed by atoms with Crippen LogP contribution in [0.25, 0.3) is 10.9 Å². The van der Waals surface area contributed by atoms with Crippen LogP contribution in [0.15, 0.2) is 64.1 Å². The molecule has 0 saturated carbocycles. The van der Waals surface area contributed by atoms with Gasteiger partial charge < -0.3 is 39.6 Å². The van der Waals surface area contributed by atoms with Crippen LogP contribution in [-0.2, 0) is 19.9 Å². The van der Waals surface area contributed by atoms with Gasteiger partial charge in [-0.1, -0.05) is 43.9 Å². The number of phenolic OH excluding ortho intramolecular Hbond substituents is 1. The van der Waals surface area contributed by atoms with Gasteiger partial charge in [-0.3, -0.25) is 4.79 Å². The number of hydrogen-bond acceptors (Lipinski definition) is 10. The summed E-state index contributed by atoms with van der Waals surface area (Å²) in [6.45, 7) is 2.34. The largest absolute Gasteiger partial charge is 0.506 e. The van der Waals surface area contributed by atoms with Gasteiger partial charge in [0, 0.05) is 30.8 Å². The number of likely N-dealkylation sites (N-methyl/N-ethyl adjacent to an activating group) is 1. The summed E-state index contributed by atoms with van der Waals surface area (Å²) in [7, 11) is 2.37. The summed E-state index contributed by atoms with van der Waals surface area (Å²) >= 11 is 2.74. The normalized spacial score (nSPS) is 26.2. The van der Waals surface area contributed by atoms with Crippen LogP contribution < -0.4 is 10.9 Å². The number of epoxide rings is 1. The zero-order chi connectivity index (χ0) is 34.9. The maximum absolute atomic E-state index is 13.6. The SMILES string of the molecule is C[N+]1(CCCCCCCCCNC[C@H](O)c2ccc(O)c3[nH]c(=O)ccc23)C2CC(OC(=O)C(O)(c3cccs3)c3cccs3)CC1C1OC12. The number of aromatic nitrogens is 1. The average molecular weight is 723 g/mol. The molecule has 10 nitrogen and oxygen atoms in total. The fourth-order valence-electron chi connectivity index (χ4n) is 8.50. The van der Waals surface area contributed by atoms with Gasteiger partial charge in [0.05, 0.1) is 35.0 Å². The molecule has 268 valence electrons. The molecule has 4 unspecified atom stereocenters. The van der Waals surface area contributed by atoms with Crippen LogP contribution in [0.3, 0.4) is 0 Å². The molecule has 5 N–H and O–H groups in total. The number of hydrogen-bond donors (Lipinski definition) is 5. The smallest absolute Gasteiger partial charge is 0.349 e. The summed E-state index contributed by atoms with van der Waals surface area (Å²) in [6.07, 6.45) is 9.24. The van der Waals surface area contributed by atoms with E-state index in [9.17, 15) is 24.9 Å². The number of ether oxygens (including phenoxy) is 2. The first kappa shape index (κ1) is 35.3. The Bertz CT molecular complexity index is 1760. The summed E-state index contributed by atoms with van der Waals surface area (Å²) in [6, 6.07) is 14.2. The molecule has 12 heteroatoms. The number of phenols is 1. The summed E-state index contributed by atoms with van der Waals surface area (Å²) in [5.41, 5.74) is -1.04. The molecule has 4 aromatic rings. The quantitative estimate of drug-likeness (QED) is 0.0427. The minimum Gasteiger partial charge on any atom is -0.506 e. The number of morpholine rings is 1. The van der Waals surface area contributed by atoms with E-state index in [0.717, 1.165) is 43.3 Å². The third kappa shape index (κ3) is 6.91. The summed E-state index contributed by atoms with van der Waals surface area (Å²) in [4.78, 5) is 29.1. The van der Waals surface area contributed by atoms with Crippen molar-refractivity contribution in [2.24, 2.45) is 0 Å². The minimum absolute atomic E-state index is 0.00837. The first-order valence-electron chi connectivity index (χ1n) is 18.0. The molecule has 7 rings (SSSR count). The lowest BCUT2D eigenvalue weighted by Gasteiger charge is -2.48. The Morgan fingerprint density at radius 2 is 1.62 bits per heavy atom. The van der Waals surface area contributed by atoms with Crippen molar-refractivity contribution in [3.63, 3.8) is 0 Å². The van der Waals surface area contributed by atoms with Gasteiger partial charge in [0.2, 0.25) is 11.2 Å². The van der Waals surface area contributed by atoms with Gasteiger partial charge in [0.25, 0.3) is 0 Å². The average Bonchev–Trinajstić information content (AvgIpc) is 3.40. The summed E-state index contributed by atoms with van der Waals surface area (Å²) < 4.78 is 13.2. The third-order valence-electron chi connectivity index (χ3n) is 11.3. The van der Waals surface area contributed by atoms with Crippen molar-refractivity contribution in [1.29, 1.82) is 0 Å². The number of carbonyl (C=O) groups is 1. The fourth-order valence-corrected chi connectivity index (χ4v) is 10.2. The Balaban J connectivity index is 0.797. The number of unbranched alkanes of at least 4 members (excludes halogenated alkanes) is 6. The standard InChI is InChI=1S/C38H47N3O7S2/c1-41(18-8-6-4-2-3-5-7-17-39-23-30(43)25-13-15-29(42)34-26(25)14-16-33(44)40-34)27-21-24(22-28(41)36-35(27)48-36)47-37(45)38(46,31-11-9-19-49-31)32-12-10-20-50-32/h9-16,19-20,24,27-28,30,35-36,39,43,46H,2-8,17-18,21-23H2,1H3,(H-,40,42,44)/p+1/t24?,27?,28?,30-,35?,36?,41?/m0/s1. The number of nitrogens with one attached hydrogen (secondary N) is 2. The Hall–Kier alpha value is -3.10. The molecule has 3 saturated heterocycles. The highest BCUT2D eigenvalue weighted by molar-refractivity contribution is 7.12. The van der Waals surface area contributed by atoms with E-state index in [1.807, 2.05) is 22.9 Å². The monoisotopic (exact) mass is 722 g/mol. The van der Waals surface area contributed by atoms with Crippen molar-refractivity contribution in [3.8, 4) is 5.75 Å². The van der Waals surface area contributed by atoms with Gasteiger partial charge in [-0.15, -0.1) is 22.7 Å². The highest BCUT2D eigenvalue weighted by Gasteiger charge is 2.72. The van der Waals surface area contributed by atoms with Crippen LogP contribution >= 0.6 is 22.7 Å². The highest BCUT2D eigenvalue weighted by Crippen LogP contribution is 2.53. The molecule has 0 spiro atoms. The number of quaternary nitrogens is 1. The first-order valence-corrected chi connectivity index (χ1v) is 19.7. The second kappa shape index (κ2) is 14.9. The Labute approximate surface area is 300 Å². The number of aliphatic hydroxyl groups excluding tert-OH is 1. The molecular weight excluding hydrogens is 675 g/mol. The van der Waals surface area contributed by atoms with Crippen LogP contribution in [0.1, 0.15) is 79.2 Å². The van der Waals surface area contributed by atoms with Crippen molar-refractivity contribution in [2.45, 2.75) is 99.9 Å². The predicted molar refractivity (Wildman–Crippen MR) is 194 cm³/mol. The van der Waals surface area contributed by atoms with Crippen molar-refractivity contribution >= 4 is 39.5 Å². The number of H-pyrrole nitrogens is 1. The third-order valence-corrected chi connectivity index (χ3v) is 13.2. The Morgan fingerprint density at radius 1 is 0.980 bits per heavy atom. The molecular formula is C38H48N3O7S2+. The molecule has 50 heavy (non-hydrogen) atoms. The lowest BCUT2D eigenvalue weighted by atomic mass is 9.94.